The molecule has 0 aliphatic carbocycles. The smallest absolute Gasteiger partial charge is 0.259 e. The van der Waals surface area contributed by atoms with E-state index >= 15 is 0 Å². The quantitative estimate of drug-likeness (QED) is 0.859. The van der Waals surface area contributed by atoms with Crippen molar-refractivity contribution in [2.75, 3.05) is 31.7 Å². The third-order valence-corrected chi connectivity index (χ3v) is 3.98. The first-order valence-corrected chi connectivity index (χ1v) is 7.98. The molecule has 25 heavy (non-hydrogen) atoms. The first-order chi connectivity index (χ1) is 11.8. The Kier molecular flexibility index (Phi) is 5.31. The molecular weight excluding hydrogens is 344 g/mol. The molecule has 2 aliphatic rings. The molecule has 0 fully saturated rings. The second-order valence-electron chi connectivity index (χ2n) is 5.63. The molecule has 0 bridgehead atoms. The number of nitrogens with one attached hydrogen (secondary N) is 2. The fourth-order valence-electron chi connectivity index (χ4n) is 2.84. The first kappa shape index (κ1) is 17.4. The minimum atomic E-state index is -0.222. The van der Waals surface area contributed by atoms with Crippen molar-refractivity contribution < 1.29 is 19.0 Å². The van der Waals surface area contributed by atoms with E-state index in [2.05, 4.69) is 10.6 Å². The Labute approximate surface area is 151 Å². The number of halogens is 1. The van der Waals surface area contributed by atoms with Crippen molar-refractivity contribution in [3.8, 4) is 17.2 Å². The molecule has 2 heterocycles. The van der Waals surface area contributed by atoms with Gasteiger partial charge in [-0.15, -0.1) is 12.4 Å². The summed E-state index contributed by atoms with van der Waals surface area (Å²) in [6.07, 6.45) is 0. The number of hydrogen-bond acceptors (Lipinski definition) is 5. The van der Waals surface area contributed by atoms with Crippen molar-refractivity contribution in [3.63, 3.8) is 0 Å². The Morgan fingerprint density at radius 1 is 1.00 bits per heavy atom. The molecule has 0 saturated carbocycles. The predicted octanol–water partition coefficient (Wildman–Crippen LogP) is 2.61. The monoisotopic (exact) mass is 362 g/mol. The third kappa shape index (κ3) is 3.65. The van der Waals surface area contributed by atoms with Crippen LogP contribution < -0.4 is 24.8 Å². The fourth-order valence-corrected chi connectivity index (χ4v) is 2.84. The Hall–Kier alpha value is -2.44. The number of fused-ring (bicyclic) bond motifs is 2. The normalized spacial score (nSPS) is 15.0. The maximum Gasteiger partial charge on any atom is 0.259 e. The van der Waals surface area contributed by atoms with Gasteiger partial charge in [0.25, 0.3) is 5.91 Å². The van der Waals surface area contributed by atoms with Gasteiger partial charge < -0.3 is 24.8 Å². The zero-order chi connectivity index (χ0) is 16.4. The van der Waals surface area contributed by atoms with Gasteiger partial charge in [-0.2, -0.15) is 0 Å². The lowest BCUT2D eigenvalue weighted by Crippen LogP contribution is -2.20. The van der Waals surface area contributed by atoms with Gasteiger partial charge in [0.2, 0.25) is 0 Å². The average Bonchev–Trinajstić information content (AvgIpc) is 2.86. The third-order valence-electron chi connectivity index (χ3n) is 3.98. The Morgan fingerprint density at radius 3 is 2.76 bits per heavy atom. The standard InChI is InChI=1S/C18H18N2O4.ClH/c21-18(14-2-1-3-16-17(14)24-9-8-23-16)20-13-4-5-15-12(10-13)11-19-6-7-22-15;/h1-5,10,19H,6-9,11H2,(H,20,21);1H. The van der Waals surface area contributed by atoms with Gasteiger partial charge in [-0.1, -0.05) is 6.07 Å². The highest BCUT2D eigenvalue weighted by Crippen LogP contribution is 2.34. The Bertz CT molecular complexity index is 782. The number of carbonyl (C=O) groups is 1. The zero-order valence-electron chi connectivity index (χ0n) is 13.5. The summed E-state index contributed by atoms with van der Waals surface area (Å²) < 4.78 is 16.8. The number of amides is 1. The topological polar surface area (TPSA) is 68.8 Å². The van der Waals surface area contributed by atoms with Crippen LogP contribution in [0, 0.1) is 0 Å². The largest absolute Gasteiger partial charge is 0.492 e. The van der Waals surface area contributed by atoms with Gasteiger partial charge in [-0.25, -0.2) is 0 Å². The summed E-state index contributed by atoms with van der Waals surface area (Å²) >= 11 is 0. The molecule has 7 heteroatoms. The summed E-state index contributed by atoms with van der Waals surface area (Å²) in [5, 5.41) is 6.20. The molecule has 0 spiro atoms. The molecule has 2 aliphatic heterocycles. The van der Waals surface area contributed by atoms with Gasteiger partial charge in [-0.05, 0) is 30.3 Å². The molecule has 4 rings (SSSR count). The van der Waals surface area contributed by atoms with E-state index in [0.29, 0.717) is 36.9 Å². The summed E-state index contributed by atoms with van der Waals surface area (Å²) in [6.45, 7) is 3.11. The molecule has 0 unspecified atom stereocenters. The molecule has 0 saturated heterocycles. The van der Waals surface area contributed by atoms with Crippen LogP contribution in [0.1, 0.15) is 15.9 Å². The molecule has 0 aromatic heterocycles. The number of rotatable bonds is 2. The van der Waals surface area contributed by atoms with Crippen molar-refractivity contribution in [2.24, 2.45) is 0 Å². The van der Waals surface area contributed by atoms with Gasteiger partial charge in [0.05, 0.1) is 5.56 Å². The lowest BCUT2D eigenvalue weighted by Gasteiger charge is -2.20. The Morgan fingerprint density at radius 2 is 1.84 bits per heavy atom. The molecule has 0 radical (unpaired) electrons. The molecule has 0 atom stereocenters. The lowest BCUT2D eigenvalue weighted by molar-refractivity contribution is 0.101. The summed E-state index contributed by atoms with van der Waals surface area (Å²) in [7, 11) is 0. The van der Waals surface area contributed by atoms with Crippen LogP contribution >= 0.6 is 12.4 Å². The van der Waals surface area contributed by atoms with E-state index in [9.17, 15) is 4.79 Å². The van der Waals surface area contributed by atoms with Crippen LogP contribution in [0.3, 0.4) is 0 Å². The van der Waals surface area contributed by atoms with Gasteiger partial charge in [-0.3, -0.25) is 4.79 Å². The van der Waals surface area contributed by atoms with Crippen molar-refractivity contribution in [1.29, 1.82) is 0 Å². The van der Waals surface area contributed by atoms with Crippen molar-refractivity contribution in [1.82, 2.24) is 5.32 Å². The molecule has 2 aromatic rings. The van der Waals surface area contributed by atoms with E-state index in [1.807, 2.05) is 18.2 Å². The highest BCUT2D eigenvalue weighted by molar-refractivity contribution is 6.06. The van der Waals surface area contributed by atoms with Gasteiger partial charge in [0.1, 0.15) is 25.6 Å². The summed E-state index contributed by atoms with van der Waals surface area (Å²) in [5.41, 5.74) is 2.22. The summed E-state index contributed by atoms with van der Waals surface area (Å²) in [4.78, 5) is 12.6. The number of para-hydroxylation sites is 1. The molecule has 1 amide bonds. The van der Waals surface area contributed by atoms with Crippen LogP contribution in [0.5, 0.6) is 17.2 Å². The van der Waals surface area contributed by atoms with E-state index in [1.54, 1.807) is 18.2 Å². The number of hydrogen-bond donors (Lipinski definition) is 2. The second-order valence-corrected chi connectivity index (χ2v) is 5.63. The first-order valence-electron chi connectivity index (χ1n) is 7.98. The van der Waals surface area contributed by atoms with Crippen molar-refractivity contribution in [3.05, 3.63) is 47.5 Å². The average molecular weight is 363 g/mol. The lowest BCUT2D eigenvalue weighted by atomic mass is 10.1. The Balaban J connectivity index is 0.00000182. The molecule has 2 N–H and O–H groups in total. The fraction of sp³-hybridized carbons (Fsp3) is 0.278. The molecule has 132 valence electrons. The zero-order valence-corrected chi connectivity index (χ0v) is 14.4. The van der Waals surface area contributed by atoms with E-state index in [1.165, 1.54) is 0 Å². The van der Waals surface area contributed by atoms with Crippen LogP contribution in [0.15, 0.2) is 36.4 Å². The number of ether oxygens (including phenoxy) is 3. The van der Waals surface area contributed by atoms with Crippen molar-refractivity contribution >= 4 is 24.0 Å². The van der Waals surface area contributed by atoms with Crippen molar-refractivity contribution in [2.45, 2.75) is 6.54 Å². The second kappa shape index (κ2) is 7.63. The summed E-state index contributed by atoms with van der Waals surface area (Å²) in [5.74, 6) is 1.74. The van der Waals surface area contributed by atoms with Gasteiger partial charge in [0.15, 0.2) is 11.5 Å². The molecule has 6 nitrogen and oxygen atoms in total. The molecule has 2 aromatic carbocycles. The SMILES string of the molecule is Cl.O=C(Nc1ccc2c(c1)CNCCO2)c1cccc2c1OCCO2. The minimum Gasteiger partial charge on any atom is -0.492 e. The van der Waals surface area contributed by atoms with E-state index in [0.717, 1.165) is 30.1 Å². The van der Waals surface area contributed by atoms with Gasteiger partial charge in [0, 0.05) is 24.3 Å². The van der Waals surface area contributed by atoms with E-state index < -0.39 is 0 Å². The van der Waals surface area contributed by atoms with Crippen LogP contribution in [-0.4, -0.2) is 32.3 Å². The number of benzene rings is 2. The predicted molar refractivity (Wildman–Crippen MR) is 96.3 cm³/mol. The van der Waals surface area contributed by atoms with Gasteiger partial charge >= 0.3 is 0 Å². The summed E-state index contributed by atoms with van der Waals surface area (Å²) in [6, 6.07) is 11.0. The van der Waals surface area contributed by atoms with E-state index in [4.69, 9.17) is 14.2 Å². The van der Waals surface area contributed by atoms with Crippen LogP contribution in [0.2, 0.25) is 0 Å². The maximum absolute atomic E-state index is 12.6. The van der Waals surface area contributed by atoms with E-state index in [-0.39, 0.29) is 18.3 Å². The highest BCUT2D eigenvalue weighted by atomic mass is 35.5. The van der Waals surface area contributed by atoms with Crippen LogP contribution in [0.25, 0.3) is 0 Å². The van der Waals surface area contributed by atoms with Crippen LogP contribution in [0.4, 0.5) is 5.69 Å². The maximum atomic E-state index is 12.6. The minimum absolute atomic E-state index is 0. The highest BCUT2D eigenvalue weighted by Gasteiger charge is 2.20. The van der Waals surface area contributed by atoms with Crippen LogP contribution in [-0.2, 0) is 6.54 Å². The number of carbonyl (C=O) groups excluding carboxylic acids is 1. The molecular formula is C18H19ClN2O4. The number of anilines is 1.